The molecule has 302 valence electrons. The number of carbonyl (C=O) groups excluding carboxylic acids is 4. The third-order valence-corrected chi connectivity index (χ3v) is 9.83. The van der Waals surface area contributed by atoms with Gasteiger partial charge < -0.3 is 35.4 Å². The van der Waals surface area contributed by atoms with Crippen molar-refractivity contribution < 1.29 is 38.6 Å². The van der Waals surface area contributed by atoms with Crippen LogP contribution in [0.2, 0.25) is 0 Å². The van der Waals surface area contributed by atoms with Crippen LogP contribution in [0.1, 0.15) is 86.6 Å². The number of ether oxygens (including phenoxy) is 2. The number of nitrogens with zero attached hydrogens (tertiary/aromatic N) is 2. The molecule has 1 aromatic carbocycles. The number of nitrogens with one attached hydrogen (secondary N) is 3. The number of carbonyl (C=O) groups is 5. The van der Waals surface area contributed by atoms with Crippen LogP contribution in [0.3, 0.4) is 0 Å². The van der Waals surface area contributed by atoms with Crippen molar-refractivity contribution in [2.75, 3.05) is 41.4 Å². The quantitative estimate of drug-likeness (QED) is 0.156. The highest BCUT2D eigenvalue weighted by atomic mass is 16.5. The van der Waals surface area contributed by atoms with E-state index in [1.54, 1.807) is 24.0 Å². The number of amides is 4. The third kappa shape index (κ3) is 15.8. The molecule has 1 aromatic rings. The summed E-state index contributed by atoms with van der Waals surface area (Å²) in [6, 6.07) is 6.38. The zero-order valence-corrected chi connectivity index (χ0v) is 34.3. The van der Waals surface area contributed by atoms with Gasteiger partial charge >= 0.3 is 5.97 Å². The summed E-state index contributed by atoms with van der Waals surface area (Å²) >= 11 is 0. The smallest absolute Gasteiger partial charge is 0.326 e. The normalized spacial score (nSPS) is 17.7. The first-order valence-corrected chi connectivity index (χ1v) is 19.1. The number of hydrogen-bond donors (Lipinski definition) is 4. The Labute approximate surface area is 318 Å². The topological polar surface area (TPSA) is 167 Å². The predicted molar refractivity (Wildman–Crippen MR) is 207 cm³/mol. The maximum absolute atomic E-state index is 13.6. The van der Waals surface area contributed by atoms with E-state index in [0.717, 1.165) is 11.5 Å². The molecule has 1 heterocycles. The number of aliphatic carboxylic acids is 1. The van der Waals surface area contributed by atoms with Crippen molar-refractivity contribution in [1.29, 1.82) is 0 Å². The predicted octanol–water partition coefficient (Wildman–Crippen LogP) is 3.74. The van der Waals surface area contributed by atoms with Gasteiger partial charge in [0.1, 0.15) is 12.1 Å². The number of methoxy groups -OCH3 is 2. The highest BCUT2D eigenvalue weighted by Gasteiger charge is 2.41. The summed E-state index contributed by atoms with van der Waals surface area (Å²) in [5.41, 5.74) is 0.783. The summed E-state index contributed by atoms with van der Waals surface area (Å²) < 4.78 is 11.3. The lowest BCUT2D eigenvalue weighted by molar-refractivity contribution is -0.145. The molecule has 13 nitrogen and oxygen atoms in total. The first kappa shape index (κ1) is 47.5. The number of likely N-dealkylation sites (tertiary alicyclic amines) is 1. The van der Waals surface area contributed by atoms with Gasteiger partial charge in [0.2, 0.25) is 23.6 Å². The Morgan fingerprint density at radius 1 is 0.887 bits per heavy atom. The summed E-state index contributed by atoms with van der Waals surface area (Å²) in [4.78, 5) is 68.6. The van der Waals surface area contributed by atoms with E-state index in [1.165, 1.54) is 20.6 Å². The maximum Gasteiger partial charge on any atom is 0.326 e. The molecule has 0 spiro atoms. The molecule has 0 aromatic heterocycles. The average Bonchev–Trinajstić information content (AvgIpc) is 3.58. The molecule has 4 N–H and O–H groups in total. The van der Waals surface area contributed by atoms with Crippen LogP contribution in [0, 0.1) is 23.7 Å². The minimum atomic E-state index is -1.14. The molecule has 1 aliphatic rings. The van der Waals surface area contributed by atoms with Crippen LogP contribution in [0.25, 0.3) is 0 Å². The van der Waals surface area contributed by atoms with Crippen molar-refractivity contribution in [2.45, 2.75) is 124 Å². The second-order valence-electron chi connectivity index (χ2n) is 15.4. The van der Waals surface area contributed by atoms with E-state index >= 15 is 0 Å². The van der Waals surface area contributed by atoms with Crippen molar-refractivity contribution >= 4 is 29.6 Å². The van der Waals surface area contributed by atoms with Gasteiger partial charge in [-0.25, -0.2) is 4.79 Å². The monoisotopic (exact) mass is 748 g/mol. The highest BCUT2D eigenvalue weighted by Crippen LogP contribution is 2.27. The molecule has 13 heteroatoms. The van der Waals surface area contributed by atoms with E-state index in [2.05, 4.69) is 36.7 Å². The number of benzene rings is 1. The molecule has 4 amide bonds. The number of hydrogen-bond acceptors (Lipinski definition) is 8. The van der Waals surface area contributed by atoms with Gasteiger partial charge in [0.25, 0.3) is 0 Å². The van der Waals surface area contributed by atoms with Crippen LogP contribution in [-0.2, 0) is 39.9 Å². The fourth-order valence-corrected chi connectivity index (χ4v) is 6.42. The lowest BCUT2D eigenvalue weighted by atomic mass is 9.94. The van der Waals surface area contributed by atoms with E-state index in [9.17, 15) is 29.1 Å². The number of rotatable bonds is 20. The number of likely N-dealkylation sites (N-methyl/N-ethyl adjacent to an activating group) is 1. The largest absolute Gasteiger partial charge is 0.480 e. The van der Waals surface area contributed by atoms with E-state index in [-0.39, 0.29) is 48.9 Å². The summed E-state index contributed by atoms with van der Waals surface area (Å²) in [6.45, 7) is 16.5. The fourth-order valence-electron chi connectivity index (χ4n) is 6.42. The molecule has 0 aliphatic carbocycles. The average molecular weight is 748 g/mol. The lowest BCUT2D eigenvalue weighted by Crippen LogP contribution is -2.56. The van der Waals surface area contributed by atoms with Crippen LogP contribution in [-0.4, -0.2) is 122 Å². The second-order valence-corrected chi connectivity index (χ2v) is 15.4. The Balaban J connectivity index is 0.00000262. The van der Waals surface area contributed by atoms with Gasteiger partial charge in [-0.1, -0.05) is 92.1 Å². The molecule has 1 saturated heterocycles. The lowest BCUT2D eigenvalue weighted by Gasteiger charge is -2.35. The summed E-state index contributed by atoms with van der Waals surface area (Å²) in [5.74, 6) is -2.40. The molecule has 7 atom stereocenters. The Bertz CT molecular complexity index is 1270. The molecule has 2 rings (SSSR count). The number of carboxylic acid groups (broad SMARTS) is 1. The Kier molecular flexibility index (Phi) is 21.5. The van der Waals surface area contributed by atoms with Crippen LogP contribution in [0.15, 0.2) is 30.3 Å². The minimum Gasteiger partial charge on any atom is -0.480 e. The molecule has 0 bridgehead atoms. The van der Waals surface area contributed by atoms with E-state index in [0.29, 0.717) is 19.4 Å². The van der Waals surface area contributed by atoms with Crippen LogP contribution >= 0.6 is 0 Å². The Morgan fingerprint density at radius 2 is 1.49 bits per heavy atom. The molecule has 0 saturated carbocycles. The van der Waals surface area contributed by atoms with Crippen molar-refractivity contribution in [3.63, 3.8) is 0 Å². The summed E-state index contributed by atoms with van der Waals surface area (Å²) in [6.07, 6.45) is 1.45. The van der Waals surface area contributed by atoms with Crippen LogP contribution < -0.4 is 16.0 Å². The van der Waals surface area contributed by atoms with Crippen LogP contribution in [0.4, 0.5) is 0 Å². The zero-order chi connectivity index (χ0) is 40.4. The van der Waals surface area contributed by atoms with Crippen molar-refractivity contribution in [2.24, 2.45) is 23.7 Å². The molecule has 1 fully saturated rings. The highest BCUT2D eigenvalue weighted by molar-refractivity contribution is 5.90. The number of carboxylic acids is 1. The molecule has 0 radical (unpaired) electrons. The van der Waals surface area contributed by atoms with Gasteiger partial charge in [-0.3, -0.25) is 24.1 Å². The van der Waals surface area contributed by atoms with Crippen LogP contribution in [0.5, 0.6) is 0 Å². The minimum absolute atomic E-state index is 0.0167. The van der Waals surface area contributed by atoms with Gasteiger partial charge in [-0.15, -0.1) is 0 Å². The Hall–Kier alpha value is -3.55. The Morgan fingerprint density at radius 3 is 1.96 bits per heavy atom. The molecular weight excluding hydrogens is 678 g/mol. The molecular formula is C40H69N5O8. The maximum atomic E-state index is 13.6. The standard InChI is InChI=1S/C35H57N5O8.C5H12/c1-21(2)29(38-34(44)30(22(3)4)39(6)7)33(43)36-20-25(47-8)19-28(41)40-17-13-16-27(40)31(48-9)23(5)32(42)37-26(35(45)46)18-24-14-11-10-12-15-24;1-4-5(2)3/h10-12,14-15,21-23,25-27,29-31H,13,16-20H2,1-9H3,(H,36,43)(H,37,42)(H,38,44)(H,45,46);5H,4H2,1-3H3/t23-,25-,26+,27?,29+,30+,31?;/m1./s1. The fraction of sp³-hybridized carbons (Fsp3) is 0.725. The SMILES string of the molecule is CCC(C)C.COC(C1CCCN1C(=O)C[C@H](CNC(=O)[C@@H](NC(=O)[C@H](C(C)C)N(C)C)C(C)C)OC)[C@@H](C)C(=O)N[C@@H](Cc1ccccc1)C(=O)O. The third-order valence-electron chi connectivity index (χ3n) is 9.83. The van der Waals surface area contributed by atoms with Gasteiger partial charge in [0.05, 0.1) is 36.6 Å². The van der Waals surface area contributed by atoms with Gasteiger partial charge in [0, 0.05) is 33.7 Å². The van der Waals surface area contributed by atoms with Gasteiger partial charge in [0.15, 0.2) is 0 Å². The molecule has 53 heavy (non-hydrogen) atoms. The summed E-state index contributed by atoms with van der Waals surface area (Å²) in [5, 5.41) is 18.2. The van der Waals surface area contributed by atoms with E-state index < -0.39 is 54.2 Å². The van der Waals surface area contributed by atoms with E-state index in [4.69, 9.17) is 9.47 Å². The molecule has 2 unspecified atom stereocenters. The van der Waals surface area contributed by atoms with Crippen molar-refractivity contribution in [3.05, 3.63) is 35.9 Å². The van der Waals surface area contributed by atoms with E-state index in [1.807, 2.05) is 64.9 Å². The van der Waals surface area contributed by atoms with Gasteiger partial charge in [-0.2, -0.15) is 0 Å². The first-order chi connectivity index (χ1) is 24.9. The second kappa shape index (κ2) is 24.0. The zero-order valence-electron chi connectivity index (χ0n) is 34.3. The van der Waals surface area contributed by atoms with Crippen molar-refractivity contribution in [3.8, 4) is 0 Å². The van der Waals surface area contributed by atoms with Gasteiger partial charge in [-0.05, 0) is 50.3 Å². The first-order valence-electron chi connectivity index (χ1n) is 19.1. The van der Waals surface area contributed by atoms with Crippen molar-refractivity contribution in [1.82, 2.24) is 25.8 Å². The summed E-state index contributed by atoms with van der Waals surface area (Å²) in [7, 11) is 6.60. The molecule has 1 aliphatic heterocycles.